The molecule has 0 aromatic rings. The summed E-state index contributed by atoms with van der Waals surface area (Å²) in [6.45, 7) is 7.50. The highest BCUT2D eigenvalue weighted by Crippen LogP contribution is 2.11. The molecule has 4 amide bonds. The molecule has 5 atom stereocenters. The Labute approximate surface area is 217 Å². The van der Waals surface area contributed by atoms with Gasteiger partial charge in [0.25, 0.3) is 0 Å². The Hall–Kier alpha value is -3.42. The molecule has 0 aliphatic heterocycles. The van der Waals surface area contributed by atoms with Crippen molar-refractivity contribution in [3.05, 3.63) is 0 Å². The lowest BCUT2D eigenvalue weighted by atomic mass is 9.96. The van der Waals surface area contributed by atoms with E-state index in [0.29, 0.717) is 19.3 Å². The van der Waals surface area contributed by atoms with Crippen molar-refractivity contribution in [3.8, 4) is 0 Å². The molecule has 0 aliphatic rings. The molecule has 14 heteroatoms. The lowest BCUT2D eigenvalue weighted by Crippen LogP contribution is -2.58. The minimum absolute atomic E-state index is 0.0596. The molecule has 0 aromatic heterocycles. The number of nitrogens with two attached hydrogens (primary N) is 4. The van der Waals surface area contributed by atoms with Crippen LogP contribution in [0.15, 0.2) is 4.99 Å². The Morgan fingerprint density at radius 1 is 0.865 bits per heavy atom. The van der Waals surface area contributed by atoms with Crippen molar-refractivity contribution >= 4 is 35.6 Å². The van der Waals surface area contributed by atoms with Gasteiger partial charge in [-0.05, 0) is 37.5 Å². The van der Waals surface area contributed by atoms with Gasteiger partial charge in [-0.3, -0.25) is 24.2 Å². The molecular formula is C23H44N8O6. The maximum absolute atomic E-state index is 13.1. The molecule has 0 radical (unpaired) electrons. The van der Waals surface area contributed by atoms with Gasteiger partial charge in [-0.2, -0.15) is 0 Å². The van der Waals surface area contributed by atoms with Crippen molar-refractivity contribution < 1.29 is 29.1 Å². The van der Waals surface area contributed by atoms with E-state index in [1.165, 1.54) is 0 Å². The molecule has 14 nitrogen and oxygen atoms in total. The Balaban J connectivity index is 5.57. The first-order valence-corrected chi connectivity index (χ1v) is 12.4. The minimum Gasteiger partial charge on any atom is -0.480 e. The van der Waals surface area contributed by atoms with Crippen molar-refractivity contribution in [3.63, 3.8) is 0 Å². The Morgan fingerprint density at radius 3 is 1.95 bits per heavy atom. The molecule has 212 valence electrons. The monoisotopic (exact) mass is 528 g/mol. The molecule has 37 heavy (non-hydrogen) atoms. The zero-order valence-electron chi connectivity index (χ0n) is 22.2. The van der Waals surface area contributed by atoms with Gasteiger partial charge in [0, 0.05) is 13.0 Å². The van der Waals surface area contributed by atoms with E-state index in [1.807, 2.05) is 13.8 Å². The first kappa shape index (κ1) is 33.6. The molecule has 0 rings (SSSR count). The number of rotatable bonds is 18. The predicted molar refractivity (Wildman–Crippen MR) is 139 cm³/mol. The number of carbonyl (C=O) groups is 5. The van der Waals surface area contributed by atoms with Crippen molar-refractivity contribution in [1.29, 1.82) is 0 Å². The van der Waals surface area contributed by atoms with Crippen LogP contribution in [0.25, 0.3) is 0 Å². The number of carboxylic acid groups (broad SMARTS) is 1. The number of carbonyl (C=O) groups excluding carboxylic acids is 4. The van der Waals surface area contributed by atoms with Gasteiger partial charge >= 0.3 is 5.97 Å². The van der Waals surface area contributed by atoms with Gasteiger partial charge in [-0.1, -0.05) is 34.1 Å². The molecule has 0 fully saturated rings. The van der Waals surface area contributed by atoms with E-state index >= 15 is 0 Å². The molecule has 0 saturated carbocycles. The number of guanidine groups is 1. The summed E-state index contributed by atoms with van der Waals surface area (Å²) in [5.41, 5.74) is 21.6. The van der Waals surface area contributed by atoms with E-state index in [9.17, 15) is 29.1 Å². The average molecular weight is 529 g/mol. The molecule has 0 saturated heterocycles. The summed E-state index contributed by atoms with van der Waals surface area (Å²) >= 11 is 0. The summed E-state index contributed by atoms with van der Waals surface area (Å²) in [5.74, 6) is -4.28. The van der Waals surface area contributed by atoms with Gasteiger partial charge in [0.05, 0.1) is 6.04 Å². The second-order valence-corrected chi connectivity index (χ2v) is 9.52. The van der Waals surface area contributed by atoms with Crippen LogP contribution < -0.4 is 38.9 Å². The highest BCUT2D eigenvalue weighted by molar-refractivity contribution is 5.94. The summed E-state index contributed by atoms with van der Waals surface area (Å²) in [4.78, 5) is 65.5. The van der Waals surface area contributed by atoms with Crippen LogP contribution in [0, 0.1) is 11.8 Å². The number of carboxylic acids is 1. The number of hydrogen-bond donors (Lipinski definition) is 8. The summed E-state index contributed by atoms with van der Waals surface area (Å²) in [6, 6.07) is -4.38. The van der Waals surface area contributed by atoms with Gasteiger partial charge in [0.2, 0.25) is 23.6 Å². The van der Waals surface area contributed by atoms with E-state index in [0.717, 1.165) is 0 Å². The molecule has 5 unspecified atom stereocenters. The minimum atomic E-state index is -1.25. The van der Waals surface area contributed by atoms with Gasteiger partial charge in [-0.15, -0.1) is 0 Å². The number of hydrogen-bond acceptors (Lipinski definition) is 7. The topological polar surface area (TPSA) is 258 Å². The lowest BCUT2D eigenvalue weighted by molar-refractivity contribution is -0.143. The largest absolute Gasteiger partial charge is 0.480 e. The molecule has 0 aromatic carbocycles. The summed E-state index contributed by atoms with van der Waals surface area (Å²) in [6.07, 6.45) is 0.941. The molecular weight excluding hydrogens is 484 g/mol. The standard InChI is InChI=1S/C23H44N8O6/c1-5-13(4)18(21(35)30-16(22(36)37)7-6-10-28-23(26)27)31-20(34)15(8-9-17(25)32)29-19(33)14(24)11-12(2)3/h12-16,18H,5-11,24H2,1-4H3,(H2,25,32)(H,29,33)(H,30,35)(H,31,34)(H,36,37)(H4,26,27,28). The molecule has 0 bridgehead atoms. The van der Waals surface area contributed by atoms with E-state index < -0.39 is 53.8 Å². The Bertz CT molecular complexity index is 815. The van der Waals surface area contributed by atoms with E-state index in [4.69, 9.17) is 22.9 Å². The quantitative estimate of drug-likeness (QED) is 0.0569. The van der Waals surface area contributed by atoms with E-state index in [2.05, 4.69) is 20.9 Å². The number of amides is 4. The molecule has 0 aliphatic carbocycles. The van der Waals surface area contributed by atoms with Crippen LogP contribution in [0.4, 0.5) is 0 Å². The number of nitrogens with zero attached hydrogens (tertiary/aromatic N) is 1. The SMILES string of the molecule is CCC(C)C(NC(=O)C(CCC(N)=O)NC(=O)C(N)CC(C)C)C(=O)NC(CCCN=C(N)N)C(=O)O. The zero-order chi connectivity index (χ0) is 28.7. The van der Waals surface area contributed by atoms with Gasteiger partial charge < -0.3 is 44.0 Å². The third-order valence-electron chi connectivity index (χ3n) is 5.73. The Morgan fingerprint density at radius 2 is 1.46 bits per heavy atom. The zero-order valence-corrected chi connectivity index (χ0v) is 22.2. The maximum Gasteiger partial charge on any atom is 0.326 e. The number of aliphatic imine (C=N–C) groups is 1. The average Bonchev–Trinajstić information content (AvgIpc) is 2.79. The summed E-state index contributed by atoms with van der Waals surface area (Å²) < 4.78 is 0. The first-order valence-electron chi connectivity index (χ1n) is 12.4. The lowest BCUT2D eigenvalue weighted by Gasteiger charge is -2.28. The van der Waals surface area contributed by atoms with Crippen molar-refractivity contribution in [1.82, 2.24) is 16.0 Å². The van der Waals surface area contributed by atoms with E-state index in [-0.39, 0.29) is 43.6 Å². The van der Waals surface area contributed by atoms with Crippen molar-refractivity contribution in [2.45, 2.75) is 90.4 Å². The number of primary amides is 1. The van der Waals surface area contributed by atoms with Gasteiger partial charge in [0.15, 0.2) is 5.96 Å². The van der Waals surface area contributed by atoms with Crippen LogP contribution in [0.1, 0.15) is 66.2 Å². The van der Waals surface area contributed by atoms with Gasteiger partial charge in [-0.25, -0.2) is 4.79 Å². The van der Waals surface area contributed by atoms with E-state index in [1.54, 1.807) is 13.8 Å². The summed E-state index contributed by atoms with van der Waals surface area (Å²) in [5, 5.41) is 17.1. The Kier molecular flexibility index (Phi) is 15.5. The normalized spacial score (nSPS) is 15.0. The third-order valence-corrected chi connectivity index (χ3v) is 5.73. The van der Waals surface area contributed by atoms with Gasteiger partial charge in [0.1, 0.15) is 18.1 Å². The highest BCUT2D eigenvalue weighted by atomic mass is 16.4. The number of aliphatic carboxylic acids is 1. The highest BCUT2D eigenvalue weighted by Gasteiger charge is 2.32. The second kappa shape index (κ2) is 17.1. The smallest absolute Gasteiger partial charge is 0.326 e. The fourth-order valence-electron chi connectivity index (χ4n) is 3.43. The predicted octanol–water partition coefficient (Wildman–Crippen LogP) is -1.74. The van der Waals surface area contributed by atoms with Crippen LogP contribution in [-0.2, 0) is 24.0 Å². The maximum atomic E-state index is 13.1. The van der Waals surface area contributed by atoms with Crippen LogP contribution in [0.5, 0.6) is 0 Å². The fraction of sp³-hybridized carbons (Fsp3) is 0.739. The van der Waals surface area contributed by atoms with Crippen LogP contribution in [0.3, 0.4) is 0 Å². The van der Waals surface area contributed by atoms with Crippen molar-refractivity contribution in [2.75, 3.05) is 6.54 Å². The van der Waals surface area contributed by atoms with Crippen LogP contribution in [0.2, 0.25) is 0 Å². The number of nitrogens with one attached hydrogen (secondary N) is 3. The third kappa shape index (κ3) is 14.0. The van der Waals surface area contributed by atoms with Crippen LogP contribution >= 0.6 is 0 Å². The molecule has 12 N–H and O–H groups in total. The van der Waals surface area contributed by atoms with Crippen LogP contribution in [-0.4, -0.2) is 71.4 Å². The second-order valence-electron chi connectivity index (χ2n) is 9.52. The summed E-state index contributed by atoms with van der Waals surface area (Å²) in [7, 11) is 0. The first-order chi connectivity index (χ1) is 17.2. The van der Waals surface area contributed by atoms with Crippen molar-refractivity contribution in [2.24, 2.45) is 39.8 Å². The fourth-order valence-corrected chi connectivity index (χ4v) is 3.43. The molecule has 0 heterocycles. The molecule has 0 spiro atoms.